The zero-order valence-corrected chi connectivity index (χ0v) is 9.99. The Balaban J connectivity index is 2.35. The first-order chi connectivity index (χ1) is 7.31. The molecule has 0 aliphatic rings. The van der Waals surface area contributed by atoms with Crippen LogP contribution in [0.2, 0.25) is 0 Å². The van der Waals surface area contributed by atoms with Crippen molar-refractivity contribution in [2.45, 2.75) is 6.04 Å². The van der Waals surface area contributed by atoms with Crippen LogP contribution in [0.3, 0.4) is 0 Å². The second kappa shape index (κ2) is 4.64. The number of halogens is 1. The summed E-state index contributed by atoms with van der Waals surface area (Å²) in [5.74, 6) is 0.926. The molecule has 1 atom stereocenters. The van der Waals surface area contributed by atoms with E-state index in [0.29, 0.717) is 0 Å². The Kier molecular flexibility index (Phi) is 3.23. The molecule has 1 aromatic heterocycles. The molecule has 0 spiro atoms. The first-order valence-corrected chi connectivity index (χ1v) is 5.56. The Morgan fingerprint density at radius 1 is 1.27 bits per heavy atom. The number of rotatable bonds is 3. The van der Waals surface area contributed by atoms with Crippen LogP contribution in [0.25, 0.3) is 0 Å². The van der Waals surface area contributed by atoms with Gasteiger partial charge in [0.05, 0.1) is 12.3 Å². The molecule has 0 saturated heterocycles. The van der Waals surface area contributed by atoms with Crippen molar-refractivity contribution in [3.63, 3.8) is 0 Å². The van der Waals surface area contributed by atoms with E-state index in [4.69, 9.17) is 4.42 Å². The van der Waals surface area contributed by atoms with E-state index in [1.807, 2.05) is 31.3 Å². The molecular formula is C12H12BrNO. The molecule has 0 saturated carbocycles. The number of benzene rings is 1. The van der Waals surface area contributed by atoms with Gasteiger partial charge in [-0.2, -0.15) is 0 Å². The summed E-state index contributed by atoms with van der Waals surface area (Å²) in [7, 11) is 1.92. The van der Waals surface area contributed by atoms with Gasteiger partial charge in [0.2, 0.25) is 0 Å². The second-order valence-electron chi connectivity index (χ2n) is 3.29. The topological polar surface area (TPSA) is 25.2 Å². The van der Waals surface area contributed by atoms with E-state index in [2.05, 4.69) is 33.4 Å². The molecule has 0 amide bonds. The molecule has 0 bridgehead atoms. The molecule has 3 heteroatoms. The maximum absolute atomic E-state index is 5.40. The van der Waals surface area contributed by atoms with E-state index in [9.17, 15) is 0 Å². The zero-order chi connectivity index (χ0) is 10.7. The molecule has 1 heterocycles. The van der Waals surface area contributed by atoms with Gasteiger partial charge in [-0.25, -0.2) is 0 Å². The van der Waals surface area contributed by atoms with Gasteiger partial charge in [-0.15, -0.1) is 0 Å². The number of furan rings is 1. The number of nitrogens with one attached hydrogen (secondary N) is 1. The SMILES string of the molecule is CNC(c1cccc(Br)c1)c1ccco1. The Labute approximate surface area is 97.4 Å². The summed E-state index contributed by atoms with van der Waals surface area (Å²) in [6, 6.07) is 12.2. The lowest BCUT2D eigenvalue weighted by Gasteiger charge is -2.14. The monoisotopic (exact) mass is 265 g/mol. The third-order valence-corrected chi connectivity index (χ3v) is 2.79. The molecule has 2 nitrogen and oxygen atoms in total. The van der Waals surface area contributed by atoms with Gasteiger partial charge in [-0.1, -0.05) is 28.1 Å². The Bertz CT molecular complexity index is 425. The molecule has 2 aromatic rings. The quantitative estimate of drug-likeness (QED) is 0.921. The lowest BCUT2D eigenvalue weighted by atomic mass is 10.1. The average Bonchev–Trinajstić information content (AvgIpc) is 2.72. The summed E-state index contributed by atoms with van der Waals surface area (Å²) < 4.78 is 6.48. The maximum Gasteiger partial charge on any atom is 0.125 e. The van der Waals surface area contributed by atoms with Crippen LogP contribution in [-0.4, -0.2) is 7.05 Å². The van der Waals surface area contributed by atoms with Gasteiger partial charge in [-0.3, -0.25) is 0 Å². The summed E-state index contributed by atoms with van der Waals surface area (Å²) in [4.78, 5) is 0. The van der Waals surface area contributed by atoms with E-state index >= 15 is 0 Å². The summed E-state index contributed by atoms with van der Waals surface area (Å²) in [5.41, 5.74) is 1.18. The minimum Gasteiger partial charge on any atom is -0.467 e. The van der Waals surface area contributed by atoms with Gasteiger partial charge in [0.15, 0.2) is 0 Å². The van der Waals surface area contributed by atoms with Gasteiger partial charge in [0.1, 0.15) is 5.76 Å². The van der Waals surface area contributed by atoms with Gasteiger partial charge in [0.25, 0.3) is 0 Å². The zero-order valence-electron chi connectivity index (χ0n) is 8.41. The van der Waals surface area contributed by atoms with Crippen LogP contribution in [0.5, 0.6) is 0 Å². The average molecular weight is 266 g/mol. The predicted octanol–water partition coefficient (Wildman–Crippen LogP) is 3.35. The standard InChI is InChI=1S/C12H12BrNO/c1-14-12(11-6-3-7-15-11)9-4-2-5-10(13)8-9/h2-8,12,14H,1H3. The van der Waals surface area contributed by atoms with E-state index < -0.39 is 0 Å². The fourth-order valence-corrected chi connectivity index (χ4v) is 2.03. The van der Waals surface area contributed by atoms with Crippen molar-refractivity contribution in [2.75, 3.05) is 7.05 Å². The second-order valence-corrected chi connectivity index (χ2v) is 4.21. The van der Waals surface area contributed by atoms with Gasteiger partial charge in [0, 0.05) is 4.47 Å². The lowest BCUT2D eigenvalue weighted by Crippen LogP contribution is -2.16. The van der Waals surface area contributed by atoms with Gasteiger partial charge in [-0.05, 0) is 36.9 Å². The van der Waals surface area contributed by atoms with Crippen LogP contribution >= 0.6 is 15.9 Å². The first kappa shape index (κ1) is 10.5. The van der Waals surface area contributed by atoms with E-state index in [0.717, 1.165) is 10.2 Å². The highest BCUT2D eigenvalue weighted by Gasteiger charge is 2.14. The normalized spacial score (nSPS) is 12.7. The minimum atomic E-state index is 0.109. The largest absolute Gasteiger partial charge is 0.467 e. The number of hydrogen-bond donors (Lipinski definition) is 1. The van der Waals surface area contributed by atoms with Crippen molar-refractivity contribution in [3.05, 3.63) is 58.5 Å². The number of hydrogen-bond acceptors (Lipinski definition) is 2. The van der Waals surface area contributed by atoms with E-state index in [1.54, 1.807) is 6.26 Å². The highest BCUT2D eigenvalue weighted by molar-refractivity contribution is 9.10. The fraction of sp³-hybridized carbons (Fsp3) is 0.167. The minimum absolute atomic E-state index is 0.109. The lowest BCUT2D eigenvalue weighted by molar-refractivity contribution is 0.463. The van der Waals surface area contributed by atoms with Crippen LogP contribution in [0, 0.1) is 0 Å². The van der Waals surface area contributed by atoms with E-state index in [-0.39, 0.29) is 6.04 Å². The first-order valence-electron chi connectivity index (χ1n) is 4.77. The Hall–Kier alpha value is -1.06. The van der Waals surface area contributed by atoms with Gasteiger partial charge >= 0.3 is 0 Å². The third kappa shape index (κ3) is 2.30. The molecule has 1 unspecified atom stereocenters. The molecule has 1 N–H and O–H groups in total. The van der Waals surface area contributed by atoms with Crippen LogP contribution < -0.4 is 5.32 Å². The third-order valence-electron chi connectivity index (χ3n) is 2.30. The Morgan fingerprint density at radius 3 is 2.73 bits per heavy atom. The smallest absolute Gasteiger partial charge is 0.125 e. The fourth-order valence-electron chi connectivity index (χ4n) is 1.61. The molecule has 0 fully saturated rings. The predicted molar refractivity (Wildman–Crippen MR) is 63.8 cm³/mol. The van der Waals surface area contributed by atoms with Crippen LogP contribution in [0.15, 0.2) is 51.6 Å². The molecule has 0 aliphatic heterocycles. The summed E-state index contributed by atoms with van der Waals surface area (Å²) in [6.07, 6.45) is 1.69. The van der Waals surface area contributed by atoms with Crippen molar-refractivity contribution in [1.29, 1.82) is 0 Å². The van der Waals surface area contributed by atoms with Crippen molar-refractivity contribution >= 4 is 15.9 Å². The molecule has 78 valence electrons. The highest BCUT2D eigenvalue weighted by atomic mass is 79.9. The van der Waals surface area contributed by atoms with Crippen LogP contribution in [-0.2, 0) is 0 Å². The molecule has 1 aromatic carbocycles. The summed E-state index contributed by atoms with van der Waals surface area (Å²) in [5, 5.41) is 3.23. The summed E-state index contributed by atoms with van der Waals surface area (Å²) >= 11 is 3.46. The van der Waals surface area contributed by atoms with Crippen LogP contribution in [0.1, 0.15) is 17.4 Å². The molecule has 0 radical (unpaired) electrons. The van der Waals surface area contributed by atoms with Gasteiger partial charge < -0.3 is 9.73 Å². The Morgan fingerprint density at radius 2 is 2.13 bits per heavy atom. The van der Waals surface area contributed by atoms with Crippen molar-refractivity contribution in [2.24, 2.45) is 0 Å². The van der Waals surface area contributed by atoms with Crippen molar-refractivity contribution < 1.29 is 4.42 Å². The summed E-state index contributed by atoms with van der Waals surface area (Å²) in [6.45, 7) is 0. The molecular weight excluding hydrogens is 254 g/mol. The van der Waals surface area contributed by atoms with Crippen molar-refractivity contribution in [1.82, 2.24) is 5.32 Å². The van der Waals surface area contributed by atoms with E-state index in [1.165, 1.54) is 5.56 Å². The molecule has 15 heavy (non-hydrogen) atoms. The van der Waals surface area contributed by atoms with Crippen LogP contribution in [0.4, 0.5) is 0 Å². The molecule has 0 aliphatic carbocycles. The maximum atomic E-state index is 5.40. The molecule has 2 rings (SSSR count). The highest BCUT2D eigenvalue weighted by Crippen LogP contribution is 2.24. The van der Waals surface area contributed by atoms with Crippen molar-refractivity contribution in [3.8, 4) is 0 Å².